The van der Waals surface area contributed by atoms with Gasteiger partial charge in [0, 0.05) is 19.6 Å². The number of benzene rings is 2. The fourth-order valence-electron chi connectivity index (χ4n) is 2.75. The van der Waals surface area contributed by atoms with E-state index in [1.807, 2.05) is 25.1 Å². The third-order valence-electron chi connectivity index (χ3n) is 4.29. The molecule has 0 spiro atoms. The van der Waals surface area contributed by atoms with Gasteiger partial charge in [0.05, 0.1) is 19.1 Å². The highest BCUT2D eigenvalue weighted by Gasteiger charge is 2.30. The van der Waals surface area contributed by atoms with Crippen molar-refractivity contribution < 1.29 is 22.7 Å². The van der Waals surface area contributed by atoms with E-state index in [0.717, 1.165) is 17.7 Å². The van der Waals surface area contributed by atoms with Crippen LogP contribution >= 0.6 is 0 Å². The molecule has 4 nitrogen and oxygen atoms in total. The lowest BCUT2D eigenvalue weighted by molar-refractivity contribution is -0.137. The Labute approximate surface area is 163 Å². The Balaban J connectivity index is 2.17. The summed E-state index contributed by atoms with van der Waals surface area (Å²) in [5.41, 5.74) is 0.536. The van der Waals surface area contributed by atoms with Crippen molar-refractivity contribution in [2.45, 2.75) is 19.1 Å². The van der Waals surface area contributed by atoms with Gasteiger partial charge >= 0.3 is 6.18 Å². The number of amides is 1. The van der Waals surface area contributed by atoms with E-state index in [1.54, 1.807) is 36.3 Å². The van der Waals surface area contributed by atoms with Crippen LogP contribution in [0.15, 0.2) is 48.5 Å². The zero-order valence-electron chi connectivity index (χ0n) is 16.3. The summed E-state index contributed by atoms with van der Waals surface area (Å²) in [5.74, 6) is 0.510. The van der Waals surface area contributed by atoms with Crippen LogP contribution in [0.1, 0.15) is 16.7 Å². The van der Waals surface area contributed by atoms with Gasteiger partial charge in [-0.05, 0) is 49.5 Å². The van der Waals surface area contributed by atoms with E-state index in [9.17, 15) is 18.0 Å². The number of carbonyl (C=O) groups is 1. The summed E-state index contributed by atoms with van der Waals surface area (Å²) >= 11 is 0. The number of hydrogen-bond acceptors (Lipinski definition) is 3. The molecule has 0 aliphatic rings. The van der Waals surface area contributed by atoms with Gasteiger partial charge in [0.2, 0.25) is 5.91 Å². The topological polar surface area (TPSA) is 32.8 Å². The Morgan fingerprint density at radius 1 is 1.00 bits per heavy atom. The van der Waals surface area contributed by atoms with Crippen molar-refractivity contribution >= 4 is 5.91 Å². The molecule has 0 aliphatic heterocycles. The summed E-state index contributed by atoms with van der Waals surface area (Å²) < 4.78 is 44.1. The van der Waals surface area contributed by atoms with Crippen molar-refractivity contribution in [1.29, 1.82) is 0 Å². The zero-order chi connectivity index (χ0) is 20.7. The van der Waals surface area contributed by atoms with Crippen LogP contribution in [-0.2, 0) is 23.9 Å². The van der Waals surface area contributed by atoms with Crippen LogP contribution in [0.4, 0.5) is 13.2 Å². The smallest absolute Gasteiger partial charge is 0.416 e. The molecule has 0 heterocycles. The van der Waals surface area contributed by atoms with Gasteiger partial charge in [0.1, 0.15) is 5.75 Å². The maximum Gasteiger partial charge on any atom is 0.416 e. The molecule has 2 aromatic rings. The molecule has 0 atom stereocenters. The van der Waals surface area contributed by atoms with Gasteiger partial charge in [-0.25, -0.2) is 0 Å². The van der Waals surface area contributed by atoms with Crippen molar-refractivity contribution in [3.05, 3.63) is 65.2 Å². The number of methoxy groups -OCH3 is 1. The second kappa shape index (κ2) is 9.59. The van der Waals surface area contributed by atoms with Crippen LogP contribution < -0.4 is 4.74 Å². The molecule has 0 bridgehead atoms. The number of rotatable bonds is 8. The van der Waals surface area contributed by atoms with Crippen LogP contribution in [0.3, 0.4) is 0 Å². The van der Waals surface area contributed by atoms with Gasteiger partial charge in [-0.1, -0.05) is 24.3 Å². The predicted molar refractivity (Wildman–Crippen MR) is 102 cm³/mol. The second-order valence-corrected chi connectivity index (χ2v) is 6.85. The summed E-state index contributed by atoms with van der Waals surface area (Å²) in [6, 6.07) is 12.3. The van der Waals surface area contributed by atoms with Crippen molar-refractivity contribution in [3.63, 3.8) is 0 Å². The SMILES string of the molecule is COc1cccc(CC(=O)N(CCN(C)C)Cc2cccc(C(F)(F)F)c2)c1. The minimum atomic E-state index is -4.41. The number of alkyl halides is 3. The Morgan fingerprint density at radius 3 is 2.32 bits per heavy atom. The van der Waals surface area contributed by atoms with E-state index in [0.29, 0.717) is 24.4 Å². The number of nitrogens with zero attached hydrogens (tertiary/aromatic N) is 2. The Bertz CT molecular complexity index is 791. The Morgan fingerprint density at radius 2 is 1.68 bits per heavy atom. The third kappa shape index (κ3) is 6.56. The molecule has 0 unspecified atom stereocenters. The van der Waals surface area contributed by atoms with Crippen LogP contribution in [0, 0.1) is 0 Å². The molecule has 0 saturated heterocycles. The van der Waals surface area contributed by atoms with Crippen LogP contribution in [-0.4, -0.2) is 50.0 Å². The molecular weight excluding hydrogens is 369 g/mol. The molecule has 28 heavy (non-hydrogen) atoms. The molecule has 7 heteroatoms. The molecule has 2 rings (SSSR count). The number of ether oxygens (including phenoxy) is 1. The molecule has 0 fully saturated rings. The number of likely N-dealkylation sites (N-methyl/N-ethyl adjacent to an activating group) is 1. The van der Waals surface area contributed by atoms with E-state index < -0.39 is 11.7 Å². The summed E-state index contributed by atoms with van der Waals surface area (Å²) in [6.07, 6.45) is -4.25. The Hall–Kier alpha value is -2.54. The normalized spacial score (nSPS) is 11.5. The summed E-state index contributed by atoms with van der Waals surface area (Å²) in [6.45, 7) is 1.16. The zero-order valence-corrected chi connectivity index (χ0v) is 16.3. The van der Waals surface area contributed by atoms with Crippen LogP contribution in [0.5, 0.6) is 5.75 Å². The van der Waals surface area contributed by atoms with Gasteiger partial charge in [0.15, 0.2) is 0 Å². The van der Waals surface area contributed by atoms with Crippen molar-refractivity contribution in [2.75, 3.05) is 34.3 Å². The van der Waals surface area contributed by atoms with Crippen molar-refractivity contribution in [3.8, 4) is 5.75 Å². The molecule has 0 aromatic heterocycles. The molecule has 2 aromatic carbocycles. The monoisotopic (exact) mass is 394 g/mol. The number of hydrogen-bond donors (Lipinski definition) is 0. The lowest BCUT2D eigenvalue weighted by Gasteiger charge is -2.25. The highest BCUT2D eigenvalue weighted by atomic mass is 19.4. The van der Waals surface area contributed by atoms with Crippen LogP contribution in [0.2, 0.25) is 0 Å². The number of halogens is 3. The minimum Gasteiger partial charge on any atom is -0.497 e. The average Bonchev–Trinajstić information content (AvgIpc) is 2.64. The lowest BCUT2D eigenvalue weighted by atomic mass is 10.1. The molecule has 152 valence electrons. The first-order valence-electron chi connectivity index (χ1n) is 8.90. The van der Waals surface area contributed by atoms with Gasteiger partial charge < -0.3 is 14.5 Å². The van der Waals surface area contributed by atoms with E-state index in [1.165, 1.54) is 6.07 Å². The molecule has 0 aliphatic carbocycles. The van der Waals surface area contributed by atoms with Gasteiger partial charge in [-0.2, -0.15) is 13.2 Å². The fraction of sp³-hybridized carbons (Fsp3) is 0.381. The fourth-order valence-corrected chi connectivity index (χ4v) is 2.75. The van der Waals surface area contributed by atoms with Crippen molar-refractivity contribution in [1.82, 2.24) is 9.80 Å². The quantitative estimate of drug-likeness (QED) is 0.682. The molecule has 0 radical (unpaired) electrons. The minimum absolute atomic E-state index is 0.126. The molecular formula is C21H25F3N2O2. The first-order chi connectivity index (χ1) is 13.2. The Kier molecular flexibility index (Phi) is 7.45. The maximum absolute atomic E-state index is 13.0. The molecule has 0 saturated carbocycles. The average molecular weight is 394 g/mol. The van der Waals surface area contributed by atoms with E-state index in [4.69, 9.17) is 4.74 Å². The first kappa shape index (κ1) is 21.8. The van der Waals surface area contributed by atoms with Crippen LogP contribution in [0.25, 0.3) is 0 Å². The molecule has 1 amide bonds. The van der Waals surface area contributed by atoms with Gasteiger partial charge in [-0.15, -0.1) is 0 Å². The standard InChI is InChI=1S/C21H25F3N2O2/c1-25(2)10-11-26(15-17-7-4-8-18(12-17)21(22,23)24)20(27)14-16-6-5-9-19(13-16)28-3/h4-9,12-13H,10-11,14-15H2,1-3H3. The van der Waals surface area contributed by atoms with Gasteiger partial charge in [0.25, 0.3) is 0 Å². The lowest BCUT2D eigenvalue weighted by Crippen LogP contribution is -2.37. The third-order valence-corrected chi connectivity index (χ3v) is 4.29. The molecule has 0 N–H and O–H groups in total. The van der Waals surface area contributed by atoms with E-state index >= 15 is 0 Å². The van der Waals surface area contributed by atoms with Crippen molar-refractivity contribution in [2.24, 2.45) is 0 Å². The second-order valence-electron chi connectivity index (χ2n) is 6.85. The summed E-state index contributed by atoms with van der Waals surface area (Å²) in [5, 5.41) is 0. The highest BCUT2D eigenvalue weighted by Crippen LogP contribution is 2.29. The predicted octanol–water partition coefficient (Wildman–Crippen LogP) is 3.85. The number of carbonyl (C=O) groups excluding carboxylic acids is 1. The first-order valence-corrected chi connectivity index (χ1v) is 8.90. The highest BCUT2D eigenvalue weighted by molar-refractivity contribution is 5.79. The van der Waals surface area contributed by atoms with Gasteiger partial charge in [-0.3, -0.25) is 4.79 Å². The van der Waals surface area contributed by atoms with E-state index in [2.05, 4.69) is 0 Å². The van der Waals surface area contributed by atoms with E-state index in [-0.39, 0.29) is 18.9 Å². The summed E-state index contributed by atoms with van der Waals surface area (Å²) in [7, 11) is 5.32. The maximum atomic E-state index is 13.0. The summed E-state index contributed by atoms with van der Waals surface area (Å²) in [4.78, 5) is 16.4. The largest absolute Gasteiger partial charge is 0.497 e.